The van der Waals surface area contributed by atoms with Crippen LogP contribution in [0.1, 0.15) is 22.7 Å². The molecule has 1 aromatic heterocycles. The smallest absolute Gasteiger partial charge is 0.278 e. The Balaban J connectivity index is 1.68. The maximum Gasteiger partial charge on any atom is 0.278 e. The van der Waals surface area contributed by atoms with Crippen molar-refractivity contribution in [3.05, 3.63) is 118 Å². The van der Waals surface area contributed by atoms with Gasteiger partial charge in [0, 0.05) is 18.2 Å². The highest BCUT2D eigenvalue weighted by Crippen LogP contribution is 2.25. The van der Waals surface area contributed by atoms with Crippen molar-refractivity contribution in [1.82, 2.24) is 14.5 Å². The third kappa shape index (κ3) is 3.33. The van der Waals surface area contributed by atoms with Gasteiger partial charge in [0.1, 0.15) is 17.3 Å². The van der Waals surface area contributed by atoms with E-state index in [0.717, 1.165) is 11.3 Å². The quantitative estimate of drug-likeness (QED) is 0.471. The van der Waals surface area contributed by atoms with E-state index < -0.39 is 0 Å². The van der Waals surface area contributed by atoms with E-state index >= 15 is 0 Å². The van der Waals surface area contributed by atoms with Gasteiger partial charge < -0.3 is 9.40 Å². The Bertz CT molecular complexity index is 1320. The lowest BCUT2D eigenvalue weighted by atomic mass is 10.1. The molecule has 0 radical (unpaired) electrons. The van der Waals surface area contributed by atoms with Gasteiger partial charge in [-0.15, -0.1) is 0 Å². The van der Waals surface area contributed by atoms with Crippen molar-refractivity contribution in [3.8, 4) is 17.1 Å². The average molecular weight is 399 g/mol. The van der Waals surface area contributed by atoms with E-state index in [2.05, 4.69) is 9.97 Å². The highest BCUT2D eigenvalue weighted by molar-refractivity contribution is 5.61. The van der Waals surface area contributed by atoms with Gasteiger partial charge in [0.05, 0.1) is 24.1 Å². The van der Waals surface area contributed by atoms with Crippen LogP contribution in [-0.2, 0) is 12.8 Å². The van der Waals surface area contributed by atoms with E-state index in [0.29, 0.717) is 41.4 Å². The molecular formula is C24H18FN3O2. The summed E-state index contributed by atoms with van der Waals surface area (Å²) in [5.74, 6) is 0.839. The summed E-state index contributed by atoms with van der Waals surface area (Å²) in [6.45, 7) is 0. The molecule has 5 nitrogen and oxygen atoms in total. The van der Waals surface area contributed by atoms with Gasteiger partial charge in [0.15, 0.2) is 5.82 Å². The molecule has 30 heavy (non-hydrogen) atoms. The van der Waals surface area contributed by atoms with Gasteiger partial charge in [0.2, 0.25) is 0 Å². The van der Waals surface area contributed by atoms with Crippen LogP contribution < -0.4 is 5.56 Å². The summed E-state index contributed by atoms with van der Waals surface area (Å²) in [6, 6.07) is 20.0. The summed E-state index contributed by atoms with van der Waals surface area (Å²) in [4.78, 5) is 21.0. The van der Waals surface area contributed by atoms with Crippen LogP contribution in [0.2, 0.25) is 0 Å². The summed E-state index contributed by atoms with van der Waals surface area (Å²) in [7, 11) is 0. The molecule has 0 bridgehead atoms. The Labute approximate surface area is 171 Å². The average Bonchev–Trinajstić information content (AvgIpc) is 3.38. The topological polar surface area (TPSA) is 63.8 Å². The van der Waals surface area contributed by atoms with Crippen molar-refractivity contribution in [1.29, 1.82) is 0 Å². The largest absolute Gasteiger partial charge is 0.469 e. The number of halogens is 1. The van der Waals surface area contributed by atoms with Crippen LogP contribution in [-0.4, -0.2) is 14.5 Å². The third-order valence-corrected chi connectivity index (χ3v) is 5.06. The Hall–Kier alpha value is -3.93. The molecule has 1 N–H and O–H groups in total. The third-order valence-electron chi connectivity index (χ3n) is 5.06. The predicted octanol–water partition coefficient (Wildman–Crippen LogP) is 4.58. The molecule has 2 aromatic carbocycles. The molecule has 0 amide bonds. The van der Waals surface area contributed by atoms with E-state index in [9.17, 15) is 9.18 Å². The fourth-order valence-electron chi connectivity index (χ4n) is 3.61. The van der Waals surface area contributed by atoms with Gasteiger partial charge >= 0.3 is 0 Å². The fraction of sp³-hybridized carbons (Fsp3) is 0.0833. The number of nitrogens with one attached hydrogen (secondary N) is 1. The minimum absolute atomic E-state index is 0.234. The number of aromatic amines is 1. The highest BCUT2D eigenvalue weighted by Gasteiger charge is 2.21. The van der Waals surface area contributed by atoms with Crippen molar-refractivity contribution in [2.45, 2.75) is 12.8 Å². The first-order chi connectivity index (χ1) is 14.7. The second kappa shape index (κ2) is 7.48. The SMILES string of the molecule is O=c1c(Cc2ccco2)nc2c(Cc3ccccc3)[nH]c(-c3ccccc3F)cn1-2. The van der Waals surface area contributed by atoms with Crippen molar-refractivity contribution in [2.75, 3.05) is 0 Å². The zero-order chi connectivity index (χ0) is 20.5. The number of rotatable bonds is 5. The Morgan fingerprint density at radius 1 is 0.967 bits per heavy atom. The van der Waals surface area contributed by atoms with Gasteiger partial charge in [-0.2, -0.15) is 0 Å². The number of nitrogens with zero attached hydrogens (tertiary/aromatic N) is 2. The van der Waals surface area contributed by atoms with Gasteiger partial charge in [-0.1, -0.05) is 42.5 Å². The zero-order valence-corrected chi connectivity index (χ0v) is 16.0. The van der Waals surface area contributed by atoms with E-state index in [1.165, 1.54) is 10.6 Å². The molecule has 5 rings (SSSR count). The second-order valence-electron chi connectivity index (χ2n) is 7.10. The fourth-order valence-corrected chi connectivity index (χ4v) is 3.61. The number of imidazole rings is 1. The van der Waals surface area contributed by atoms with E-state index in [4.69, 9.17) is 4.42 Å². The van der Waals surface area contributed by atoms with E-state index in [-0.39, 0.29) is 11.4 Å². The Kier molecular flexibility index (Phi) is 4.52. The molecule has 0 aliphatic carbocycles. The summed E-state index contributed by atoms with van der Waals surface area (Å²) in [6.07, 6.45) is 4.01. The Morgan fingerprint density at radius 3 is 2.53 bits per heavy atom. The predicted molar refractivity (Wildman–Crippen MR) is 112 cm³/mol. The molecule has 0 atom stereocenters. The highest BCUT2D eigenvalue weighted by atomic mass is 19.1. The van der Waals surface area contributed by atoms with E-state index in [1.54, 1.807) is 36.7 Å². The van der Waals surface area contributed by atoms with Gasteiger partial charge in [-0.25, -0.2) is 9.37 Å². The van der Waals surface area contributed by atoms with Crippen LogP contribution in [0.4, 0.5) is 4.39 Å². The van der Waals surface area contributed by atoms with Gasteiger partial charge in [0.25, 0.3) is 5.56 Å². The van der Waals surface area contributed by atoms with Crippen molar-refractivity contribution >= 4 is 0 Å². The number of H-pyrrole nitrogens is 1. The van der Waals surface area contributed by atoms with Crippen molar-refractivity contribution in [3.63, 3.8) is 0 Å². The normalized spacial score (nSPS) is 11.2. The minimum Gasteiger partial charge on any atom is -0.469 e. The van der Waals surface area contributed by atoms with Crippen LogP contribution in [0.15, 0.2) is 88.4 Å². The van der Waals surface area contributed by atoms with Crippen LogP contribution in [0.3, 0.4) is 0 Å². The summed E-state index contributed by atoms with van der Waals surface area (Å²) < 4.78 is 21.3. The number of furan rings is 1. The molecule has 6 heteroatoms. The molecule has 0 fully saturated rings. The Morgan fingerprint density at radius 2 is 1.77 bits per heavy atom. The first-order valence-electron chi connectivity index (χ1n) is 9.63. The lowest BCUT2D eigenvalue weighted by molar-refractivity contribution is 0.519. The number of aromatic nitrogens is 3. The number of fused-ring (bicyclic) bond motifs is 1. The van der Waals surface area contributed by atoms with Crippen molar-refractivity contribution in [2.24, 2.45) is 0 Å². The maximum absolute atomic E-state index is 14.5. The van der Waals surface area contributed by atoms with Gasteiger partial charge in [-0.05, 0) is 29.8 Å². The second-order valence-corrected chi connectivity index (χ2v) is 7.10. The monoisotopic (exact) mass is 399 g/mol. The summed E-state index contributed by atoms with van der Waals surface area (Å²) in [5, 5.41) is 0. The van der Waals surface area contributed by atoms with E-state index in [1.807, 2.05) is 36.4 Å². The lowest BCUT2D eigenvalue weighted by Crippen LogP contribution is -2.18. The number of hydrogen-bond acceptors (Lipinski definition) is 3. The molecule has 0 unspecified atom stereocenters. The molecule has 0 spiro atoms. The summed E-state index contributed by atoms with van der Waals surface area (Å²) in [5.41, 5.74) is 2.87. The van der Waals surface area contributed by atoms with Gasteiger partial charge in [-0.3, -0.25) is 9.36 Å². The van der Waals surface area contributed by atoms with Crippen LogP contribution in [0, 0.1) is 5.82 Å². The minimum atomic E-state index is -0.359. The number of hydrogen-bond donors (Lipinski definition) is 1. The molecule has 2 aliphatic heterocycles. The molecule has 2 aliphatic rings. The standard InChI is InChI=1S/C24H18FN3O2/c25-19-11-5-4-10-18(19)22-15-28-23(20(26-22)13-16-7-2-1-3-8-16)27-21(24(28)29)14-17-9-6-12-30-17/h1-12,15,26H,13-14H2. The molecule has 148 valence electrons. The van der Waals surface area contributed by atoms with Crippen LogP contribution in [0.5, 0.6) is 0 Å². The first-order valence-corrected chi connectivity index (χ1v) is 9.63. The maximum atomic E-state index is 14.5. The zero-order valence-electron chi connectivity index (χ0n) is 16.0. The van der Waals surface area contributed by atoms with Crippen molar-refractivity contribution < 1.29 is 8.81 Å². The molecule has 3 heterocycles. The first kappa shape index (κ1) is 18.1. The molecule has 0 saturated heterocycles. The number of benzene rings is 2. The lowest BCUT2D eigenvalue weighted by Gasteiger charge is -2.13. The van der Waals surface area contributed by atoms with Crippen LogP contribution >= 0.6 is 0 Å². The summed E-state index contributed by atoms with van der Waals surface area (Å²) >= 11 is 0. The molecular weight excluding hydrogens is 381 g/mol. The van der Waals surface area contributed by atoms with Crippen LogP contribution in [0.25, 0.3) is 17.1 Å². The molecule has 0 saturated carbocycles. The molecule has 3 aromatic rings.